The van der Waals surface area contributed by atoms with E-state index in [-0.39, 0.29) is 93.6 Å². The molecule has 33 heavy (non-hydrogen) atoms. The molecular formula is C16H11CuN4Na2O8S2+. The van der Waals surface area contributed by atoms with Crippen LogP contribution in [0, 0.1) is 6.92 Å². The number of azo groups is 1. The van der Waals surface area contributed by atoms with Crippen LogP contribution in [0.15, 0.2) is 62.5 Å². The minimum atomic E-state index is -5.20. The smallest absolute Gasteiger partial charge is 0.870 e. The van der Waals surface area contributed by atoms with Crippen molar-refractivity contribution in [2.24, 2.45) is 10.2 Å². The van der Waals surface area contributed by atoms with Crippen LogP contribution in [0.4, 0.5) is 11.4 Å². The fourth-order valence-corrected chi connectivity index (χ4v) is 3.64. The zero-order valence-electron chi connectivity index (χ0n) is 17.3. The normalized spacial score (nSPS) is 11.4. The van der Waals surface area contributed by atoms with Gasteiger partial charge in [-0.25, -0.2) is 13.1 Å². The van der Waals surface area contributed by atoms with Crippen molar-refractivity contribution in [1.82, 2.24) is 9.78 Å². The van der Waals surface area contributed by atoms with E-state index in [9.17, 15) is 31.6 Å². The van der Waals surface area contributed by atoms with E-state index in [4.69, 9.17) is 4.55 Å². The van der Waals surface area contributed by atoms with E-state index in [0.29, 0.717) is 11.8 Å². The van der Waals surface area contributed by atoms with Crippen LogP contribution in [-0.2, 0) is 37.3 Å². The van der Waals surface area contributed by atoms with Gasteiger partial charge in [-0.05, 0) is 31.2 Å². The number of hydrogen-bond acceptors (Lipinski definition) is 10. The molecule has 0 unspecified atom stereocenters. The Kier molecular flexibility index (Phi) is 11.9. The van der Waals surface area contributed by atoms with Crippen LogP contribution < -0.4 is 69.3 Å². The molecule has 0 aliphatic carbocycles. The minimum Gasteiger partial charge on any atom is -0.870 e. The average molecular weight is 561 g/mol. The molecule has 1 radical (unpaired) electrons. The summed E-state index contributed by atoms with van der Waals surface area (Å²) in [6.45, 7) is 1.43. The van der Waals surface area contributed by atoms with Crippen LogP contribution in [0.5, 0.6) is 11.6 Å². The van der Waals surface area contributed by atoms with Crippen LogP contribution in [0.2, 0.25) is 0 Å². The van der Waals surface area contributed by atoms with Crippen molar-refractivity contribution >= 4 is 31.6 Å². The molecule has 3 rings (SSSR count). The van der Waals surface area contributed by atoms with Crippen molar-refractivity contribution in [2.75, 3.05) is 0 Å². The summed E-state index contributed by atoms with van der Waals surface area (Å²) < 4.78 is 66.6. The molecule has 2 aromatic carbocycles. The summed E-state index contributed by atoms with van der Waals surface area (Å²) in [5.41, 5.74) is -0.653. The Labute approximate surface area is 243 Å². The third-order valence-electron chi connectivity index (χ3n) is 3.82. The minimum absolute atomic E-state index is 0. The molecule has 0 aliphatic heterocycles. The largest absolute Gasteiger partial charge is 2.00 e. The van der Waals surface area contributed by atoms with E-state index in [0.717, 1.165) is 4.68 Å². The van der Waals surface area contributed by atoms with Crippen molar-refractivity contribution in [3.05, 3.63) is 48.2 Å². The number of hydrogen-bond donors (Lipinski definition) is 1. The maximum Gasteiger partial charge on any atom is 2.00 e. The van der Waals surface area contributed by atoms with Gasteiger partial charge in [0.1, 0.15) is 15.8 Å². The average Bonchev–Trinajstić information content (AvgIpc) is 2.93. The Balaban J connectivity index is 0.00000341. The Morgan fingerprint density at radius 3 is 2.09 bits per heavy atom. The van der Waals surface area contributed by atoms with E-state index in [1.54, 1.807) is 30.3 Å². The molecule has 0 fully saturated rings. The Morgan fingerprint density at radius 2 is 1.58 bits per heavy atom. The van der Waals surface area contributed by atoms with E-state index >= 15 is 0 Å². The maximum atomic E-state index is 12.5. The molecule has 0 amide bonds. The molecule has 1 heterocycles. The monoisotopic (exact) mass is 560 g/mol. The van der Waals surface area contributed by atoms with Crippen molar-refractivity contribution in [3.8, 4) is 17.3 Å². The van der Waals surface area contributed by atoms with Crippen molar-refractivity contribution in [2.45, 2.75) is 16.7 Å². The van der Waals surface area contributed by atoms with Crippen molar-refractivity contribution < 1.29 is 112 Å². The standard InChI is InChI=1S/C16H14N4O8S2.Cu.2Na/c1-9-14(16(22)20(19-9)10-5-3-2-4-6-10)18-17-12-7-11(29(23,24)25)8-13(15(12)21)30(26,27)28;;;/h2-8,21-22H,1H3,(H,23,24,25)(H,26,27,28);;;/q;+2;2*+1/p-3. The van der Waals surface area contributed by atoms with Gasteiger partial charge in [-0.15, -0.1) is 5.11 Å². The third-order valence-corrected chi connectivity index (χ3v) is 5.49. The second-order valence-corrected chi connectivity index (χ2v) is 8.65. The summed E-state index contributed by atoms with van der Waals surface area (Å²) in [4.78, 5) is -2.49. The van der Waals surface area contributed by atoms with Gasteiger partial charge in [0.25, 0.3) is 10.1 Å². The molecule has 17 heteroatoms. The number of aryl methyl sites for hydroxylation is 1. The van der Waals surface area contributed by atoms with E-state index in [1.165, 1.54) is 6.92 Å². The van der Waals surface area contributed by atoms with Gasteiger partial charge in [-0.1, -0.05) is 23.9 Å². The SMILES string of the molecule is Cc1nn(-c2ccccc2)c([O-])c1N=Nc1cc(S(=O)(=O)[O-])cc(S(=O)(=O)O)c1[O-].[Cu+2].[Na+].[Na+]. The summed E-state index contributed by atoms with van der Waals surface area (Å²) >= 11 is 0. The van der Waals surface area contributed by atoms with Crippen LogP contribution >= 0.6 is 0 Å². The second kappa shape index (κ2) is 12.2. The number of para-hydroxylation sites is 1. The molecule has 0 saturated heterocycles. The molecule has 1 N–H and O–H groups in total. The first kappa shape index (κ1) is 32.2. The summed E-state index contributed by atoms with van der Waals surface area (Å²) in [7, 11) is -10.4. The summed E-state index contributed by atoms with van der Waals surface area (Å²) in [5.74, 6) is -2.12. The third kappa shape index (κ3) is 7.34. The van der Waals surface area contributed by atoms with Crippen LogP contribution in [0.3, 0.4) is 0 Å². The van der Waals surface area contributed by atoms with Gasteiger partial charge in [0.15, 0.2) is 0 Å². The van der Waals surface area contributed by atoms with Gasteiger partial charge >= 0.3 is 76.2 Å². The maximum absolute atomic E-state index is 12.5. The van der Waals surface area contributed by atoms with Gasteiger partial charge < -0.3 is 14.8 Å². The first-order valence-electron chi connectivity index (χ1n) is 7.92. The Morgan fingerprint density at radius 1 is 1.00 bits per heavy atom. The zero-order valence-corrected chi connectivity index (χ0v) is 23.8. The van der Waals surface area contributed by atoms with Gasteiger partial charge in [0.05, 0.1) is 26.9 Å². The van der Waals surface area contributed by atoms with Crippen LogP contribution in [-0.4, -0.2) is 35.7 Å². The predicted molar refractivity (Wildman–Crippen MR) is 95.6 cm³/mol. The molecule has 0 saturated carbocycles. The predicted octanol–water partition coefficient (Wildman–Crippen LogP) is -5.10. The number of nitrogens with zero attached hydrogens (tertiary/aromatic N) is 4. The number of aromatic nitrogens is 2. The molecule has 0 atom stereocenters. The molecule has 12 nitrogen and oxygen atoms in total. The molecule has 1 aromatic heterocycles. The number of benzene rings is 2. The molecule has 0 bridgehead atoms. The van der Waals surface area contributed by atoms with Gasteiger partial charge in [0.2, 0.25) is 0 Å². The zero-order chi connectivity index (χ0) is 22.3. The summed E-state index contributed by atoms with van der Waals surface area (Å²) in [5, 5.41) is 35.8. The fourth-order valence-electron chi connectivity index (χ4n) is 2.43. The summed E-state index contributed by atoms with van der Waals surface area (Å²) in [6.07, 6.45) is 0. The van der Waals surface area contributed by atoms with Crippen molar-refractivity contribution in [1.29, 1.82) is 0 Å². The fraction of sp³-hybridized carbons (Fsp3) is 0.0625. The van der Waals surface area contributed by atoms with E-state index < -0.39 is 47.3 Å². The Hall–Kier alpha value is -0.811. The molecular weight excluding hydrogens is 550 g/mol. The Bertz CT molecular complexity index is 1380. The van der Waals surface area contributed by atoms with Crippen LogP contribution in [0.1, 0.15) is 5.69 Å². The molecule has 3 aromatic rings. The quantitative estimate of drug-likeness (QED) is 0.180. The van der Waals surface area contributed by atoms with Crippen molar-refractivity contribution in [3.63, 3.8) is 0 Å². The summed E-state index contributed by atoms with van der Waals surface area (Å²) in [6, 6.07) is 8.98. The van der Waals surface area contributed by atoms with E-state index in [1.807, 2.05) is 0 Å². The van der Waals surface area contributed by atoms with Crippen LogP contribution in [0.25, 0.3) is 5.69 Å². The van der Waals surface area contributed by atoms with Gasteiger partial charge in [0, 0.05) is 5.88 Å². The molecule has 0 aliphatic rings. The first-order chi connectivity index (χ1) is 13.9. The number of rotatable bonds is 5. The first-order valence-corrected chi connectivity index (χ1v) is 10.8. The molecule has 0 spiro atoms. The van der Waals surface area contributed by atoms with E-state index in [2.05, 4.69) is 15.3 Å². The van der Waals surface area contributed by atoms with Gasteiger partial charge in [-0.3, -0.25) is 4.55 Å². The second-order valence-electron chi connectivity index (χ2n) is 5.89. The van der Waals surface area contributed by atoms with Gasteiger partial charge in [-0.2, -0.15) is 18.6 Å². The topological polar surface area (TPSA) is 200 Å². The molecule has 167 valence electrons.